The van der Waals surface area contributed by atoms with Gasteiger partial charge in [-0.3, -0.25) is 0 Å². The number of alkyl halides is 6. The van der Waals surface area contributed by atoms with Crippen LogP contribution in [0.15, 0.2) is 18.2 Å². The van der Waals surface area contributed by atoms with E-state index in [0.717, 1.165) is 0 Å². The fourth-order valence-corrected chi connectivity index (χ4v) is 1.95. The van der Waals surface area contributed by atoms with E-state index < -0.39 is 35.7 Å². The van der Waals surface area contributed by atoms with E-state index in [0.29, 0.717) is 12.1 Å². The lowest BCUT2D eigenvalue weighted by atomic mass is 10.0. The van der Waals surface area contributed by atoms with Crippen molar-refractivity contribution in [2.24, 2.45) is 0 Å². The molecule has 1 N–H and O–H groups in total. The Balaban J connectivity index is 2.33. The lowest BCUT2D eigenvalue weighted by Crippen LogP contribution is -2.18. The Morgan fingerprint density at radius 3 is 1.95 bits per heavy atom. The van der Waals surface area contributed by atoms with Gasteiger partial charge in [0.05, 0.1) is 17.7 Å². The number of hydrogen-bond acceptors (Lipinski definition) is 2. The van der Waals surface area contributed by atoms with E-state index in [9.17, 15) is 31.1 Å². The number of rotatable bonds is 2. The number of carbonyl (C=O) groups excluding carboxylic acids is 1. The third kappa shape index (κ3) is 3.79. The van der Waals surface area contributed by atoms with Crippen LogP contribution < -0.4 is 5.32 Å². The zero-order chi connectivity index (χ0) is 15.8. The molecule has 116 valence electrons. The van der Waals surface area contributed by atoms with Crippen molar-refractivity contribution in [3.63, 3.8) is 0 Å². The third-order valence-corrected chi connectivity index (χ3v) is 2.86. The number of nitrogens with one attached hydrogen (secondary N) is 1. The smallest absolute Gasteiger partial charge is 0.416 e. The summed E-state index contributed by atoms with van der Waals surface area (Å²) in [4.78, 5) is 10.8. The maximum atomic E-state index is 12.6. The topological polar surface area (TPSA) is 38.3 Å². The molecule has 1 unspecified atom stereocenters. The molecular weight excluding hydrogens is 304 g/mol. The molecule has 21 heavy (non-hydrogen) atoms. The normalized spacial score (nSPS) is 19.3. The van der Waals surface area contributed by atoms with Gasteiger partial charge < -0.3 is 10.1 Å². The van der Waals surface area contributed by atoms with Gasteiger partial charge in [-0.25, -0.2) is 4.79 Å². The van der Waals surface area contributed by atoms with Gasteiger partial charge in [0.15, 0.2) is 0 Å². The summed E-state index contributed by atoms with van der Waals surface area (Å²) in [7, 11) is 0. The minimum absolute atomic E-state index is 0.0381. The van der Waals surface area contributed by atoms with Crippen LogP contribution in [0.3, 0.4) is 0 Å². The average molecular weight is 313 g/mol. The number of ether oxygens (including phenoxy) is 1. The fraction of sp³-hybridized carbons (Fsp3) is 0.417. The molecule has 0 radical (unpaired) electrons. The van der Waals surface area contributed by atoms with E-state index in [1.807, 2.05) is 0 Å². The van der Waals surface area contributed by atoms with E-state index in [-0.39, 0.29) is 24.6 Å². The fourth-order valence-electron chi connectivity index (χ4n) is 1.95. The van der Waals surface area contributed by atoms with Gasteiger partial charge in [-0.15, -0.1) is 0 Å². The van der Waals surface area contributed by atoms with Crippen LogP contribution in [0.4, 0.5) is 31.1 Å². The second-order valence-corrected chi connectivity index (χ2v) is 4.53. The van der Waals surface area contributed by atoms with Crippen LogP contribution in [-0.4, -0.2) is 18.7 Å². The Bertz CT molecular complexity index is 519. The summed E-state index contributed by atoms with van der Waals surface area (Å²) in [6, 6.07) is 1.31. The SMILES string of the molecule is O=C1NCC(Cc2cc(C(F)(F)F)cc(C(F)(F)F)c2)O1. The van der Waals surface area contributed by atoms with E-state index in [2.05, 4.69) is 5.32 Å². The standard InChI is InChI=1S/C12H9F6NO2/c13-11(14,15)7-1-6(2-8(4-7)12(16,17)18)3-9-5-19-10(20)21-9/h1-2,4,9H,3,5H2,(H,19,20). The highest BCUT2D eigenvalue weighted by molar-refractivity contribution is 5.69. The molecule has 1 atom stereocenters. The van der Waals surface area contributed by atoms with E-state index >= 15 is 0 Å². The number of cyclic esters (lactones) is 1. The Hall–Kier alpha value is -1.93. The molecule has 1 saturated heterocycles. The highest BCUT2D eigenvalue weighted by Crippen LogP contribution is 2.36. The first-order valence-electron chi connectivity index (χ1n) is 5.78. The molecule has 1 aliphatic heterocycles. The van der Waals surface area contributed by atoms with Crippen LogP contribution in [0.25, 0.3) is 0 Å². The second kappa shape index (κ2) is 5.12. The van der Waals surface area contributed by atoms with Crippen molar-refractivity contribution in [2.45, 2.75) is 24.9 Å². The number of halogens is 6. The summed E-state index contributed by atoms with van der Waals surface area (Å²) in [6.07, 6.45) is -11.5. The molecule has 1 aromatic rings. The second-order valence-electron chi connectivity index (χ2n) is 4.53. The van der Waals surface area contributed by atoms with E-state index in [4.69, 9.17) is 4.74 Å². The number of amides is 1. The Kier molecular flexibility index (Phi) is 3.77. The van der Waals surface area contributed by atoms with Crippen LogP contribution in [0.5, 0.6) is 0 Å². The van der Waals surface area contributed by atoms with Crippen LogP contribution in [0.2, 0.25) is 0 Å². The van der Waals surface area contributed by atoms with Crippen molar-refractivity contribution in [1.82, 2.24) is 5.32 Å². The molecule has 0 bridgehead atoms. The zero-order valence-electron chi connectivity index (χ0n) is 10.3. The van der Waals surface area contributed by atoms with Crippen LogP contribution in [-0.2, 0) is 23.5 Å². The highest BCUT2D eigenvalue weighted by atomic mass is 19.4. The minimum Gasteiger partial charge on any atom is -0.444 e. The number of alkyl carbamates (subject to hydrolysis) is 1. The lowest BCUT2D eigenvalue weighted by Gasteiger charge is -2.15. The van der Waals surface area contributed by atoms with Gasteiger partial charge in [-0.05, 0) is 23.8 Å². The summed E-state index contributed by atoms with van der Waals surface area (Å²) in [6.45, 7) is 0.0381. The van der Waals surface area contributed by atoms with Crippen LogP contribution >= 0.6 is 0 Å². The average Bonchev–Trinajstić information content (AvgIpc) is 2.72. The molecule has 1 aromatic carbocycles. The maximum absolute atomic E-state index is 12.6. The molecule has 9 heteroatoms. The lowest BCUT2D eigenvalue weighted by molar-refractivity contribution is -0.143. The van der Waals surface area contributed by atoms with Crippen LogP contribution in [0, 0.1) is 0 Å². The Labute approximate surface area is 114 Å². The molecule has 0 spiro atoms. The van der Waals surface area contributed by atoms with Crippen molar-refractivity contribution in [1.29, 1.82) is 0 Å². The van der Waals surface area contributed by atoms with Gasteiger partial charge in [0.2, 0.25) is 0 Å². The monoisotopic (exact) mass is 313 g/mol. The number of benzene rings is 1. The molecule has 1 heterocycles. The molecular formula is C12H9F6NO2. The summed E-state index contributed by atoms with van der Waals surface area (Å²) in [5.74, 6) is 0. The van der Waals surface area contributed by atoms with Gasteiger partial charge in [0.1, 0.15) is 6.10 Å². The summed E-state index contributed by atoms with van der Waals surface area (Å²) < 4.78 is 80.6. The predicted octanol–water partition coefficient (Wildman–Crippen LogP) is 3.38. The molecule has 0 aliphatic carbocycles. The highest BCUT2D eigenvalue weighted by Gasteiger charge is 2.37. The van der Waals surface area contributed by atoms with Gasteiger partial charge in [-0.1, -0.05) is 0 Å². The number of hydrogen-bond donors (Lipinski definition) is 1. The van der Waals surface area contributed by atoms with Crippen molar-refractivity contribution < 1.29 is 35.9 Å². The largest absolute Gasteiger partial charge is 0.444 e. The van der Waals surface area contributed by atoms with Crippen molar-refractivity contribution in [2.75, 3.05) is 6.54 Å². The third-order valence-electron chi connectivity index (χ3n) is 2.86. The quantitative estimate of drug-likeness (QED) is 0.850. The Morgan fingerprint density at radius 1 is 1.05 bits per heavy atom. The molecule has 1 aliphatic rings. The first kappa shape index (κ1) is 15.5. The first-order chi connectivity index (χ1) is 9.55. The summed E-state index contributed by atoms with van der Waals surface area (Å²) in [5.41, 5.74) is -2.96. The van der Waals surface area contributed by atoms with E-state index in [1.165, 1.54) is 0 Å². The van der Waals surface area contributed by atoms with E-state index in [1.54, 1.807) is 0 Å². The van der Waals surface area contributed by atoms with Crippen molar-refractivity contribution in [3.05, 3.63) is 34.9 Å². The van der Waals surface area contributed by atoms with Gasteiger partial charge in [0, 0.05) is 6.42 Å². The molecule has 1 fully saturated rings. The molecule has 2 rings (SSSR count). The van der Waals surface area contributed by atoms with Gasteiger partial charge in [-0.2, -0.15) is 26.3 Å². The molecule has 0 saturated carbocycles. The maximum Gasteiger partial charge on any atom is 0.416 e. The zero-order valence-corrected chi connectivity index (χ0v) is 10.3. The first-order valence-corrected chi connectivity index (χ1v) is 5.78. The molecule has 0 aromatic heterocycles. The molecule has 3 nitrogen and oxygen atoms in total. The minimum atomic E-state index is -4.89. The predicted molar refractivity (Wildman–Crippen MR) is 58.4 cm³/mol. The Morgan fingerprint density at radius 2 is 1.57 bits per heavy atom. The van der Waals surface area contributed by atoms with Crippen molar-refractivity contribution in [3.8, 4) is 0 Å². The summed E-state index contributed by atoms with van der Waals surface area (Å²) >= 11 is 0. The van der Waals surface area contributed by atoms with Gasteiger partial charge in [0.25, 0.3) is 0 Å². The summed E-state index contributed by atoms with van der Waals surface area (Å²) in [5, 5.41) is 2.27. The van der Waals surface area contributed by atoms with Gasteiger partial charge >= 0.3 is 18.4 Å². The van der Waals surface area contributed by atoms with Crippen molar-refractivity contribution >= 4 is 6.09 Å². The molecule has 1 amide bonds. The number of carbonyl (C=O) groups is 1. The van der Waals surface area contributed by atoms with Crippen LogP contribution in [0.1, 0.15) is 16.7 Å².